The summed E-state index contributed by atoms with van der Waals surface area (Å²) < 4.78 is 39.4. The molecule has 0 radical (unpaired) electrons. The molecule has 0 aromatic rings. The lowest BCUT2D eigenvalue weighted by Gasteiger charge is -2.21. The zero-order valence-corrected chi connectivity index (χ0v) is 46.8. The van der Waals surface area contributed by atoms with Gasteiger partial charge in [-0.2, -0.15) is 0 Å². The minimum atomic E-state index is -4.76. The molecule has 0 aliphatic heterocycles. The summed E-state index contributed by atoms with van der Waals surface area (Å²) in [5.41, 5.74) is 0. The van der Waals surface area contributed by atoms with E-state index in [9.17, 15) is 28.9 Å². The fourth-order valence-corrected chi connectivity index (χ4v) is 8.52. The Balaban J connectivity index is 4.79. The molecule has 0 rings (SSSR count). The van der Waals surface area contributed by atoms with Crippen LogP contribution in [0.4, 0.5) is 0 Å². The van der Waals surface area contributed by atoms with Crippen molar-refractivity contribution in [1.29, 1.82) is 0 Å². The van der Waals surface area contributed by atoms with Crippen LogP contribution in [0.3, 0.4) is 0 Å². The fraction of sp³-hybridized carbons (Fsp3) is 0.750. The van der Waals surface area contributed by atoms with Gasteiger partial charge >= 0.3 is 25.7 Å². The summed E-state index contributed by atoms with van der Waals surface area (Å²) >= 11 is 0. The topological polar surface area (TPSA) is 155 Å². The number of aliphatic hydroxyl groups excluding tert-OH is 1. The predicted molar refractivity (Wildman–Crippen MR) is 298 cm³/mol. The number of hydrogen-bond donors (Lipinski definition) is 2. The van der Waals surface area contributed by atoms with Gasteiger partial charge in [0.25, 0.3) is 0 Å². The third-order valence-electron chi connectivity index (χ3n) is 12.1. The third kappa shape index (κ3) is 51.8. The molecular weight excluding hydrogens is 928 g/mol. The summed E-state index contributed by atoms with van der Waals surface area (Å²) in [7, 11) is -4.76. The Bertz CT molecular complexity index is 1490. The number of carbonyl (C=O) groups excluding carboxylic acids is 3. The Morgan fingerprint density at radius 3 is 1.19 bits per heavy atom. The molecule has 11 nitrogen and oxygen atoms in total. The van der Waals surface area contributed by atoms with Gasteiger partial charge in [-0.3, -0.25) is 23.4 Å². The molecule has 0 aliphatic carbocycles. The smallest absolute Gasteiger partial charge is 0.462 e. The molecule has 3 unspecified atom stereocenters. The molecule has 0 aliphatic rings. The first-order valence-corrected chi connectivity index (χ1v) is 30.3. The summed E-state index contributed by atoms with van der Waals surface area (Å²) in [6.07, 6.45) is 60.1. The second-order valence-corrected chi connectivity index (χ2v) is 20.5. The molecule has 0 fully saturated rings. The fourth-order valence-electron chi connectivity index (χ4n) is 7.74. The number of phosphoric ester groups is 1. The quantitative estimate of drug-likeness (QED) is 0.0197. The Hall–Kier alpha value is -3.08. The van der Waals surface area contributed by atoms with Crippen molar-refractivity contribution in [3.63, 3.8) is 0 Å². The van der Waals surface area contributed by atoms with Gasteiger partial charge in [-0.1, -0.05) is 222 Å². The maximum atomic E-state index is 12.9. The van der Waals surface area contributed by atoms with Gasteiger partial charge in [-0.05, 0) is 83.5 Å². The van der Waals surface area contributed by atoms with Crippen molar-refractivity contribution < 1.29 is 52.2 Å². The molecular formula is C60H105O11P. The van der Waals surface area contributed by atoms with Crippen LogP contribution in [0.25, 0.3) is 0 Å². The van der Waals surface area contributed by atoms with Crippen LogP contribution in [0, 0.1) is 0 Å². The van der Waals surface area contributed by atoms with Crippen LogP contribution in [-0.2, 0) is 42.2 Å². The van der Waals surface area contributed by atoms with E-state index >= 15 is 0 Å². The molecule has 0 saturated heterocycles. The van der Waals surface area contributed by atoms with E-state index in [2.05, 4.69) is 81.5 Å². The minimum Gasteiger partial charge on any atom is -0.462 e. The van der Waals surface area contributed by atoms with Crippen LogP contribution < -0.4 is 0 Å². The molecule has 0 saturated carbocycles. The lowest BCUT2D eigenvalue weighted by Crippen LogP contribution is -2.30. The van der Waals surface area contributed by atoms with Gasteiger partial charge in [0.1, 0.15) is 12.7 Å². The van der Waals surface area contributed by atoms with E-state index in [0.717, 1.165) is 89.9 Å². The second kappa shape index (κ2) is 54.2. The van der Waals surface area contributed by atoms with Gasteiger partial charge in [0.05, 0.1) is 19.8 Å². The summed E-state index contributed by atoms with van der Waals surface area (Å²) in [5, 5.41) is 9.81. The van der Waals surface area contributed by atoms with Gasteiger partial charge in [0.15, 0.2) is 6.10 Å². The second-order valence-electron chi connectivity index (χ2n) is 19.1. The molecule has 12 heteroatoms. The highest BCUT2D eigenvalue weighted by Crippen LogP contribution is 2.43. The van der Waals surface area contributed by atoms with Crippen LogP contribution in [0.5, 0.6) is 0 Å². The van der Waals surface area contributed by atoms with Gasteiger partial charge in [0, 0.05) is 19.3 Å². The van der Waals surface area contributed by atoms with Crippen molar-refractivity contribution in [3.8, 4) is 0 Å². The molecule has 2 N–H and O–H groups in total. The lowest BCUT2D eigenvalue weighted by molar-refractivity contribution is -0.161. The average molecular weight is 1030 g/mol. The van der Waals surface area contributed by atoms with Crippen LogP contribution in [0.2, 0.25) is 0 Å². The summed E-state index contributed by atoms with van der Waals surface area (Å²) in [5.74, 6) is -1.54. The first kappa shape index (κ1) is 68.9. The normalized spacial score (nSPS) is 13.9. The van der Waals surface area contributed by atoms with Gasteiger partial charge in [-0.15, -0.1) is 0 Å². The molecule has 72 heavy (non-hydrogen) atoms. The molecule has 0 aromatic carbocycles. The number of phosphoric acid groups is 1. The Labute approximate surface area is 439 Å². The molecule has 0 aromatic heterocycles. The number of unbranched alkanes of at least 4 members (excludes halogenated alkanes) is 24. The van der Waals surface area contributed by atoms with Crippen LogP contribution in [0.1, 0.15) is 252 Å². The SMILES string of the molecule is CC/C=C\C/C=C\C/C=C\C/C=C\C/C=C\CCCC(=O)OC(COC(=O)CCCCCCC/C=C\CCCCCC)COP(=O)(O)OCC(CO)OC(=O)CCCCCCCCCCCCCCCCC. The van der Waals surface area contributed by atoms with E-state index in [1.54, 1.807) is 0 Å². The predicted octanol–water partition coefficient (Wildman–Crippen LogP) is 16.9. The first-order valence-electron chi connectivity index (χ1n) is 28.8. The first-order chi connectivity index (χ1) is 35.2. The van der Waals surface area contributed by atoms with Crippen molar-refractivity contribution in [1.82, 2.24) is 0 Å². The Morgan fingerprint density at radius 2 is 0.736 bits per heavy atom. The number of aliphatic hydroxyl groups is 1. The van der Waals surface area contributed by atoms with E-state index in [1.165, 1.54) is 96.3 Å². The number of hydrogen-bond acceptors (Lipinski definition) is 10. The summed E-state index contributed by atoms with van der Waals surface area (Å²) in [6.45, 7) is 4.46. The molecule has 0 heterocycles. The summed E-state index contributed by atoms with van der Waals surface area (Å²) in [6, 6.07) is 0. The highest BCUT2D eigenvalue weighted by Gasteiger charge is 2.28. The number of carbonyl (C=O) groups is 3. The monoisotopic (exact) mass is 1030 g/mol. The van der Waals surface area contributed by atoms with Gasteiger partial charge in [-0.25, -0.2) is 4.57 Å². The maximum absolute atomic E-state index is 12.9. The average Bonchev–Trinajstić information content (AvgIpc) is 3.37. The molecule has 0 amide bonds. The zero-order valence-electron chi connectivity index (χ0n) is 45.9. The highest BCUT2D eigenvalue weighted by atomic mass is 31.2. The van der Waals surface area contributed by atoms with Crippen molar-refractivity contribution in [2.45, 2.75) is 264 Å². The standard InChI is InChI=1S/C60H105O11P/c1-4-7-10-13-16-19-22-25-27-28-30-33-36-39-42-45-48-51-60(64)71-57(53-67-58(62)49-46-43-40-37-34-31-24-21-18-15-12-9-6-3)55-69-72(65,66)68-54-56(52-61)70-59(63)50-47-44-41-38-35-32-29-26-23-20-17-14-11-8-5-2/h7,10,16,19,21,24-25,27,30,33,39,42,56-57,61H,4-6,8-9,11-15,17-18,20,22-23,26,28-29,31-32,34-38,40-41,43-55H2,1-3H3,(H,65,66)/b10-7-,19-16-,24-21-,27-25-,33-30-,42-39-. The minimum absolute atomic E-state index is 0.0870. The molecule has 3 atom stereocenters. The number of esters is 3. The van der Waals surface area contributed by atoms with Crippen LogP contribution >= 0.6 is 7.82 Å². The molecule has 416 valence electrons. The third-order valence-corrected chi connectivity index (χ3v) is 13.1. The zero-order chi connectivity index (χ0) is 52.7. The number of allylic oxidation sites excluding steroid dienone is 12. The van der Waals surface area contributed by atoms with Crippen molar-refractivity contribution >= 4 is 25.7 Å². The highest BCUT2D eigenvalue weighted by molar-refractivity contribution is 7.47. The van der Waals surface area contributed by atoms with Crippen molar-refractivity contribution in [2.75, 3.05) is 26.4 Å². The van der Waals surface area contributed by atoms with Gasteiger partial charge < -0.3 is 24.2 Å². The summed E-state index contributed by atoms with van der Waals surface area (Å²) in [4.78, 5) is 48.5. The van der Waals surface area contributed by atoms with Crippen LogP contribution in [-0.4, -0.2) is 66.5 Å². The maximum Gasteiger partial charge on any atom is 0.472 e. The van der Waals surface area contributed by atoms with E-state index < -0.39 is 57.8 Å². The van der Waals surface area contributed by atoms with E-state index in [1.807, 2.05) is 12.2 Å². The Morgan fingerprint density at radius 1 is 0.403 bits per heavy atom. The molecule has 0 bridgehead atoms. The number of ether oxygens (including phenoxy) is 3. The van der Waals surface area contributed by atoms with E-state index in [4.69, 9.17) is 23.3 Å². The largest absolute Gasteiger partial charge is 0.472 e. The van der Waals surface area contributed by atoms with E-state index in [0.29, 0.717) is 25.7 Å². The Kier molecular flexibility index (Phi) is 51.9. The van der Waals surface area contributed by atoms with Crippen molar-refractivity contribution in [2.24, 2.45) is 0 Å². The lowest BCUT2D eigenvalue weighted by atomic mass is 10.0. The van der Waals surface area contributed by atoms with Crippen molar-refractivity contribution in [3.05, 3.63) is 72.9 Å². The van der Waals surface area contributed by atoms with Crippen LogP contribution in [0.15, 0.2) is 72.9 Å². The molecule has 0 spiro atoms. The number of rotatable bonds is 53. The van der Waals surface area contributed by atoms with E-state index in [-0.39, 0.29) is 25.9 Å². The van der Waals surface area contributed by atoms with Gasteiger partial charge in [0.2, 0.25) is 0 Å².